The van der Waals surface area contributed by atoms with Gasteiger partial charge in [-0.1, -0.05) is 0 Å². The summed E-state index contributed by atoms with van der Waals surface area (Å²) >= 11 is 0. The van der Waals surface area contributed by atoms with E-state index in [0.717, 1.165) is 36.4 Å². The standard InChI is InChI=1S/C24H17F6N3O3/c25-13-3-14(26)7-19(6-13)31-22(34)1-12(24(36)33-21-10-17(29)5-18(30)11-21)2-23(35)32-20-8-15(27)4-16(28)9-20/h3-12H,1-2H2,(H,31,34)(H,32,35)(H,33,36). The van der Waals surface area contributed by atoms with Crippen LogP contribution in [0.4, 0.5) is 43.4 Å². The van der Waals surface area contributed by atoms with Gasteiger partial charge in [-0.05, 0) is 36.4 Å². The molecule has 3 amide bonds. The van der Waals surface area contributed by atoms with E-state index in [-0.39, 0.29) is 17.1 Å². The number of nitrogens with one attached hydrogen (secondary N) is 3. The molecule has 0 aliphatic carbocycles. The monoisotopic (exact) mass is 509 g/mol. The number of rotatable bonds is 8. The Hall–Kier alpha value is -4.35. The molecule has 0 atom stereocenters. The second-order valence-corrected chi connectivity index (χ2v) is 7.67. The van der Waals surface area contributed by atoms with Gasteiger partial charge in [0.15, 0.2) is 0 Å². The molecule has 36 heavy (non-hydrogen) atoms. The average Bonchev–Trinajstić information content (AvgIpc) is 2.70. The van der Waals surface area contributed by atoms with Gasteiger partial charge in [-0.2, -0.15) is 0 Å². The first-order valence-electron chi connectivity index (χ1n) is 10.3. The number of benzene rings is 3. The third kappa shape index (κ3) is 7.86. The topological polar surface area (TPSA) is 87.3 Å². The fourth-order valence-electron chi connectivity index (χ4n) is 3.25. The molecule has 3 aromatic rings. The van der Waals surface area contributed by atoms with Crippen LogP contribution in [-0.2, 0) is 14.4 Å². The van der Waals surface area contributed by atoms with Crippen molar-refractivity contribution < 1.29 is 40.7 Å². The SMILES string of the molecule is O=C(CC(CC(=O)Nc1cc(F)cc(F)c1)C(=O)Nc1cc(F)cc(F)c1)Nc1cc(F)cc(F)c1. The molecule has 3 N–H and O–H groups in total. The van der Waals surface area contributed by atoms with Crippen LogP contribution in [0.25, 0.3) is 0 Å². The van der Waals surface area contributed by atoms with Crippen molar-refractivity contribution in [1.82, 2.24) is 0 Å². The number of halogens is 6. The van der Waals surface area contributed by atoms with E-state index >= 15 is 0 Å². The molecule has 6 nitrogen and oxygen atoms in total. The molecule has 0 aliphatic heterocycles. The number of anilines is 3. The molecule has 0 fully saturated rings. The maximum atomic E-state index is 13.5. The Labute approximate surface area is 200 Å². The molecule has 0 heterocycles. The van der Waals surface area contributed by atoms with Gasteiger partial charge in [0.25, 0.3) is 0 Å². The normalized spacial score (nSPS) is 10.8. The van der Waals surface area contributed by atoms with E-state index in [1.165, 1.54) is 0 Å². The summed E-state index contributed by atoms with van der Waals surface area (Å²) in [5.74, 6) is -10.2. The molecule has 0 bridgehead atoms. The maximum absolute atomic E-state index is 13.5. The van der Waals surface area contributed by atoms with Crippen molar-refractivity contribution >= 4 is 34.8 Å². The first kappa shape index (κ1) is 26.3. The van der Waals surface area contributed by atoms with E-state index in [1.54, 1.807) is 0 Å². The number of hydrogen-bond donors (Lipinski definition) is 3. The molecule has 0 saturated heterocycles. The molecule has 12 heteroatoms. The van der Waals surface area contributed by atoms with Crippen LogP contribution in [0, 0.1) is 40.8 Å². The number of hydrogen-bond acceptors (Lipinski definition) is 3. The third-order valence-electron chi connectivity index (χ3n) is 4.66. The van der Waals surface area contributed by atoms with Crippen LogP contribution in [0.5, 0.6) is 0 Å². The van der Waals surface area contributed by atoms with E-state index < -0.39 is 71.4 Å². The molecule has 3 rings (SSSR count). The highest BCUT2D eigenvalue weighted by molar-refractivity contribution is 6.01. The molecule has 0 aromatic heterocycles. The van der Waals surface area contributed by atoms with Crippen LogP contribution in [0.1, 0.15) is 12.8 Å². The predicted octanol–water partition coefficient (Wildman–Crippen LogP) is 5.13. The van der Waals surface area contributed by atoms with Crippen molar-refractivity contribution in [3.05, 3.63) is 89.5 Å². The lowest BCUT2D eigenvalue weighted by molar-refractivity contribution is -0.127. The Morgan fingerprint density at radius 1 is 0.500 bits per heavy atom. The predicted molar refractivity (Wildman–Crippen MR) is 118 cm³/mol. The lowest BCUT2D eigenvalue weighted by Gasteiger charge is -2.17. The fourth-order valence-corrected chi connectivity index (χ4v) is 3.25. The Kier molecular flexibility index (Phi) is 8.30. The zero-order chi connectivity index (χ0) is 26.4. The minimum Gasteiger partial charge on any atom is -0.326 e. The summed E-state index contributed by atoms with van der Waals surface area (Å²) in [6.45, 7) is 0. The zero-order valence-corrected chi connectivity index (χ0v) is 18.2. The average molecular weight is 509 g/mol. The highest BCUT2D eigenvalue weighted by Crippen LogP contribution is 2.20. The Morgan fingerprint density at radius 3 is 1.08 bits per heavy atom. The number of amides is 3. The molecule has 0 saturated carbocycles. The second kappa shape index (κ2) is 11.4. The van der Waals surface area contributed by atoms with Crippen molar-refractivity contribution in [2.24, 2.45) is 5.92 Å². The van der Waals surface area contributed by atoms with Crippen LogP contribution in [0.3, 0.4) is 0 Å². The van der Waals surface area contributed by atoms with Crippen LogP contribution < -0.4 is 16.0 Å². The molecular weight excluding hydrogens is 492 g/mol. The van der Waals surface area contributed by atoms with Gasteiger partial charge in [-0.3, -0.25) is 14.4 Å². The molecule has 0 spiro atoms. The smallest absolute Gasteiger partial charge is 0.228 e. The van der Waals surface area contributed by atoms with Gasteiger partial charge in [0.2, 0.25) is 17.7 Å². The van der Waals surface area contributed by atoms with E-state index in [2.05, 4.69) is 16.0 Å². The minimum absolute atomic E-state index is 0.261. The summed E-state index contributed by atoms with van der Waals surface area (Å²) in [4.78, 5) is 37.7. The second-order valence-electron chi connectivity index (χ2n) is 7.67. The third-order valence-corrected chi connectivity index (χ3v) is 4.66. The van der Waals surface area contributed by atoms with Crippen molar-refractivity contribution in [2.45, 2.75) is 12.8 Å². The van der Waals surface area contributed by atoms with Gasteiger partial charge in [0.1, 0.15) is 34.9 Å². The van der Waals surface area contributed by atoms with Gasteiger partial charge in [0, 0.05) is 48.1 Å². The zero-order valence-electron chi connectivity index (χ0n) is 18.2. The van der Waals surface area contributed by atoms with Crippen molar-refractivity contribution in [2.75, 3.05) is 16.0 Å². The van der Waals surface area contributed by atoms with Crippen LogP contribution in [0.2, 0.25) is 0 Å². The summed E-state index contributed by atoms with van der Waals surface area (Å²) in [5.41, 5.74) is -0.824. The van der Waals surface area contributed by atoms with E-state index in [0.29, 0.717) is 18.2 Å². The fraction of sp³-hybridized carbons (Fsp3) is 0.125. The first-order valence-corrected chi connectivity index (χ1v) is 10.3. The highest BCUT2D eigenvalue weighted by atomic mass is 19.2. The summed E-state index contributed by atoms with van der Waals surface area (Å²) in [5, 5.41) is 6.54. The van der Waals surface area contributed by atoms with Gasteiger partial charge >= 0.3 is 0 Å². The summed E-state index contributed by atoms with van der Waals surface area (Å²) in [6, 6.07) is 6.56. The summed E-state index contributed by atoms with van der Waals surface area (Å²) in [7, 11) is 0. The van der Waals surface area contributed by atoms with Gasteiger partial charge in [-0.25, -0.2) is 26.3 Å². The minimum atomic E-state index is -1.46. The molecular formula is C24H17F6N3O3. The summed E-state index contributed by atoms with van der Waals surface area (Å²) in [6.07, 6.45) is -1.40. The Morgan fingerprint density at radius 2 is 0.778 bits per heavy atom. The lowest BCUT2D eigenvalue weighted by Crippen LogP contribution is -2.31. The lowest BCUT2D eigenvalue weighted by atomic mass is 9.98. The summed E-state index contributed by atoms with van der Waals surface area (Å²) < 4.78 is 80.5. The maximum Gasteiger partial charge on any atom is 0.228 e. The van der Waals surface area contributed by atoms with Crippen molar-refractivity contribution in [1.29, 1.82) is 0 Å². The van der Waals surface area contributed by atoms with Gasteiger partial charge in [0.05, 0.1) is 5.92 Å². The quantitative estimate of drug-likeness (QED) is 0.368. The number of carbonyl (C=O) groups excluding carboxylic acids is 3. The van der Waals surface area contributed by atoms with E-state index in [4.69, 9.17) is 0 Å². The van der Waals surface area contributed by atoms with Crippen LogP contribution >= 0.6 is 0 Å². The molecule has 188 valence electrons. The van der Waals surface area contributed by atoms with Gasteiger partial charge in [-0.15, -0.1) is 0 Å². The largest absolute Gasteiger partial charge is 0.326 e. The van der Waals surface area contributed by atoms with E-state index in [1.807, 2.05) is 0 Å². The molecule has 0 aliphatic rings. The molecule has 0 unspecified atom stereocenters. The molecule has 3 aromatic carbocycles. The van der Waals surface area contributed by atoms with Gasteiger partial charge < -0.3 is 16.0 Å². The van der Waals surface area contributed by atoms with Crippen LogP contribution in [-0.4, -0.2) is 17.7 Å². The van der Waals surface area contributed by atoms with E-state index in [9.17, 15) is 40.7 Å². The highest BCUT2D eigenvalue weighted by Gasteiger charge is 2.26. The van der Waals surface area contributed by atoms with Crippen molar-refractivity contribution in [3.63, 3.8) is 0 Å². The Balaban J connectivity index is 1.77. The molecule has 0 radical (unpaired) electrons. The first-order chi connectivity index (χ1) is 17.0. The van der Waals surface area contributed by atoms with Crippen molar-refractivity contribution in [3.8, 4) is 0 Å². The van der Waals surface area contributed by atoms with Crippen LogP contribution in [0.15, 0.2) is 54.6 Å². The Bertz CT molecular complexity index is 1190. The number of carbonyl (C=O) groups is 3.